The van der Waals surface area contributed by atoms with Crippen molar-refractivity contribution >= 4 is 39.3 Å². The maximum atomic E-state index is 11.6. The molecule has 0 unspecified atom stereocenters. The molecular formula is C14H17ClN2O5S. The van der Waals surface area contributed by atoms with Crippen molar-refractivity contribution in [1.82, 2.24) is 9.78 Å². The first-order valence-corrected chi connectivity index (χ1v) is 9.19. The van der Waals surface area contributed by atoms with Crippen LogP contribution in [0.15, 0.2) is 6.08 Å². The Morgan fingerprint density at radius 2 is 2.17 bits per heavy atom. The minimum atomic E-state index is -3.05. The number of rotatable bonds is 5. The molecule has 1 aliphatic rings. The summed E-state index contributed by atoms with van der Waals surface area (Å²) in [6.07, 6.45) is 3.08. The molecular weight excluding hydrogens is 344 g/mol. The van der Waals surface area contributed by atoms with Crippen molar-refractivity contribution in [2.24, 2.45) is 0 Å². The molecule has 0 aliphatic carbocycles. The number of hydrogen-bond donors (Lipinski definition) is 0. The SMILES string of the molecule is CC(=O)COC(=O)/C=C/c1c(C)nn([C@H]2CCS(=O)(=O)C2)c1Cl. The standard InChI is InChI=1S/C14H17ClN2O5S/c1-9(18)7-22-13(19)4-3-12-10(2)16-17(14(12)15)11-5-6-23(20,21)8-11/h3-4,11H,5-8H2,1-2H3/b4-3+/t11-/m0/s1. The van der Waals surface area contributed by atoms with Gasteiger partial charge in [0.05, 0.1) is 23.2 Å². The lowest BCUT2D eigenvalue weighted by Gasteiger charge is -2.09. The predicted molar refractivity (Wildman–Crippen MR) is 85.0 cm³/mol. The molecule has 0 amide bonds. The second-order valence-electron chi connectivity index (χ2n) is 5.43. The largest absolute Gasteiger partial charge is 0.455 e. The zero-order chi connectivity index (χ0) is 17.2. The summed E-state index contributed by atoms with van der Waals surface area (Å²) in [5, 5.41) is 4.55. The van der Waals surface area contributed by atoms with Gasteiger partial charge < -0.3 is 4.74 Å². The quantitative estimate of drug-likeness (QED) is 0.581. The highest BCUT2D eigenvalue weighted by molar-refractivity contribution is 7.91. The minimum Gasteiger partial charge on any atom is -0.455 e. The number of carbonyl (C=O) groups is 2. The molecule has 0 spiro atoms. The van der Waals surface area contributed by atoms with Gasteiger partial charge in [-0.3, -0.25) is 4.79 Å². The third-order valence-electron chi connectivity index (χ3n) is 3.43. The van der Waals surface area contributed by atoms with Gasteiger partial charge in [-0.25, -0.2) is 17.9 Å². The molecule has 0 radical (unpaired) electrons. The molecule has 0 aromatic carbocycles. The van der Waals surface area contributed by atoms with Gasteiger partial charge in [-0.2, -0.15) is 5.10 Å². The van der Waals surface area contributed by atoms with Gasteiger partial charge in [-0.05, 0) is 26.3 Å². The predicted octanol–water partition coefficient (Wildman–Crippen LogP) is 1.35. The Kier molecular flexibility index (Phi) is 5.26. The Morgan fingerprint density at radius 3 is 2.74 bits per heavy atom. The molecule has 23 heavy (non-hydrogen) atoms. The first-order chi connectivity index (χ1) is 10.7. The monoisotopic (exact) mass is 360 g/mol. The summed E-state index contributed by atoms with van der Waals surface area (Å²) >= 11 is 6.26. The van der Waals surface area contributed by atoms with Gasteiger partial charge in [0.2, 0.25) is 0 Å². The number of ether oxygens (including phenoxy) is 1. The van der Waals surface area contributed by atoms with E-state index in [9.17, 15) is 18.0 Å². The number of aryl methyl sites for hydroxylation is 1. The van der Waals surface area contributed by atoms with Crippen LogP contribution >= 0.6 is 11.6 Å². The lowest BCUT2D eigenvalue weighted by molar-refractivity contribution is -0.142. The molecule has 2 rings (SSSR count). The Morgan fingerprint density at radius 1 is 1.48 bits per heavy atom. The summed E-state index contributed by atoms with van der Waals surface area (Å²) in [4.78, 5) is 22.2. The van der Waals surface area contributed by atoms with Crippen LogP contribution in [-0.4, -0.2) is 48.1 Å². The van der Waals surface area contributed by atoms with Crippen molar-refractivity contribution in [2.45, 2.75) is 26.3 Å². The zero-order valence-corrected chi connectivity index (χ0v) is 14.4. The molecule has 7 nitrogen and oxygen atoms in total. The van der Waals surface area contributed by atoms with Crippen molar-refractivity contribution in [3.05, 3.63) is 22.5 Å². The maximum Gasteiger partial charge on any atom is 0.331 e. The van der Waals surface area contributed by atoms with Crippen LogP contribution in [0.1, 0.15) is 30.6 Å². The number of nitrogens with zero attached hydrogens (tertiary/aromatic N) is 2. The first-order valence-electron chi connectivity index (χ1n) is 6.99. The van der Waals surface area contributed by atoms with E-state index in [4.69, 9.17) is 16.3 Å². The van der Waals surface area contributed by atoms with Crippen LogP contribution in [0.5, 0.6) is 0 Å². The molecule has 0 bridgehead atoms. The van der Waals surface area contributed by atoms with E-state index in [0.717, 1.165) is 6.08 Å². The third-order valence-corrected chi connectivity index (χ3v) is 5.56. The van der Waals surface area contributed by atoms with Crippen molar-refractivity contribution in [3.63, 3.8) is 0 Å². The van der Waals surface area contributed by atoms with Crippen LogP contribution in [0.25, 0.3) is 6.08 Å². The number of aromatic nitrogens is 2. The molecule has 0 N–H and O–H groups in total. The number of hydrogen-bond acceptors (Lipinski definition) is 6. The van der Waals surface area contributed by atoms with Gasteiger partial charge >= 0.3 is 5.97 Å². The number of carbonyl (C=O) groups excluding carboxylic acids is 2. The molecule has 1 saturated heterocycles. The van der Waals surface area contributed by atoms with Crippen molar-refractivity contribution in [1.29, 1.82) is 0 Å². The van der Waals surface area contributed by atoms with Gasteiger partial charge in [0, 0.05) is 11.6 Å². The van der Waals surface area contributed by atoms with Crippen LogP contribution in [0.2, 0.25) is 5.15 Å². The topological polar surface area (TPSA) is 95.3 Å². The average molecular weight is 361 g/mol. The molecule has 1 aromatic rings. The molecule has 1 aliphatic heterocycles. The Balaban J connectivity index is 2.15. The van der Waals surface area contributed by atoms with Crippen molar-refractivity contribution < 1.29 is 22.7 Å². The molecule has 2 heterocycles. The summed E-state index contributed by atoms with van der Waals surface area (Å²) in [6.45, 7) is 2.75. The maximum absolute atomic E-state index is 11.6. The molecule has 9 heteroatoms. The van der Waals surface area contributed by atoms with Gasteiger partial charge in [-0.1, -0.05) is 11.6 Å². The van der Waals surface area contributed by atoms with Gasteiger partial charge in [0.25, 0.3) is 0 Å². The van der Waals surface area contributed by atoms with Crippen LogP contribution in [0.3, 0.4) is 0 Å². The number of sulfone groups is 1. The van der Waals surface area contributed by atoms with E-state index in [-0.39, 0.29) is 35.1 Å². The highest BCUT2D eigenvalue weighted by Crippen LogP contribution is 2.30. The number of esters is 1. The van der Waals surface area contributed by atoms with Crippen LogP contribution < -0.4 is 0 Å². The summed E-state index contributed by atoms with van der Waals surface area (Å²) < 4.78 is 29.3. The van der Waals surface area contributed by atoms with E-state index in [1.165, 1.54) is 17.7 Å². The van der Waals surface area contributed by atoms with E-state index >= 15 is 0 Å². The number of halogens is 1. The highest BCUT2D eigenvalue weighted by Gasteiger charge is 2.31. The van der Waals surface area contributed by atoms with E-state index in [2.05, 4.69) is 5.10 Å². The van der Waals surface area contributed by atoms with Gasteiger partial charge in [0.15, 0.2) is 15.6 Å². The number of ketones is 1. The molecule has 1 fully saturated rings. The summed E-state index contributed by atoms with van der Waals surface area (Å²) in [7, 11) is -3.05. The summed E-state index contributed by atoms with van der Waals surface area (Å²) in [5.74, 6) is -0.782. The van der Waals surface area contributed by atoms with E-state index in [1.54, 1.807) is 6.92 Å². The Hall–Kier alpha value is -1.67. The molecule has 126 valence electrons. The lowest BCUT2D eigenvalue weighted by atomic mass is 10.2. The van der Waals surface area contributed by atoms with Crippen LogP contribution in [0, 0.1) is 6.92 Å². The summed E-state index contributed by atoms with van der Waals surface area (Å²) in [6, 6.07) is -0.294. The smallest absolute Gasteiger partial charge is 0.331 e. The Labute approximate surface area is 139 Å². The van der Waals surface area contributed by atoms with E-state index < -0.39 is 15.8 Å². The van der Waals surface area contributed by atoms with E-state index in [1.807, 2.05) is 0 Å². The highest BCUT2D eigenvalue weighted by atomic mass is 35.5. The summed E-state index contributed by atoms with van der Waals surface area (Å²) in [5.41, 5.74) is 1.10. The van der Waals surface area contributed by atoms with Gasteiger partial charge in [-0.15, -0.1) is 0 Å². The average Bonchev–Trinajstić information content (AvgIpc) is 2.94. The molecule has 0 saturated carbocycles. The fraction of sp³-hybridized carbons (Fsp3) is 0.500. The zero-order valence-electron chi connectivity index (χ0n) is 12.8. The second-order valence-corrected chi connectivity index (χ2v) is 8.02. The van der Waals surface area contributed by atoms with E-state index in [0.29, 0.717) is 17.7 Å². The van der Waals surface area contributed by atoms with Crippen molar-refractivity contribution in [3.8, 4) is 0 Å². The molecule has 1 atom stereocenters. The van der Waals surface area contributed by atoms with Gasteiger partial charge in [0.1, 0.15) is 11.8 Å². The van der Waals surface area contributed by atoms with Crippen LogP contribution in [-0.2, 0) is 24.2 Å². The van der Waals surface area contributed by atoms with Crippen molar-refractivity contribution in [2.75, 3.05) is 18.1 Å². The fourth-order valence-electron chi connectivity index (χ4n) is 2.30. The lowest BCUT2D eigenvalue weighted by Crippen LogP contribution is -2.12. The normalized spacial score (nSPS) is 20.0. The second kappa shape index (κ2) is 6.84. The Bertz CT molecular complexity index is 766. The fourth-order valence-corrected chi connectivity index (χ4v) is 4.37. The number of Topliss-reactive ketones (excluding diaryl/α,β-unsaturated/α-hetero) is 1. The first kappa shape index (κ1) is 17.7. The third kappa shape index (κ3) is 4.42. The minimum absolute atomic E-state index is 0.0116. The van der Waals surface area contributed by atoms with Crippen LogP contribution in [0.4, 0.5) is 0 Å². The molecule has 1 aromatic heterocycles.